The summed E-state index contributed by atoms with van der Waals surface area (Å²) in [5, 5.41) is 8.89. The quantitative estimate of drug-likeness (QED) is 0.843. The van der Waals surface area contributed by atoms with Crippen LogP contribution in [0.5, 0.6) is 0 Å². The molecule has 3 heteroatoms. The number of carbonyl (C=O) groups is 1. The van der Waals surface area contributed by atoms with Gasteiger partial charge in [0.2, 0.25) is 0 Å². The highest BCUT2D eigenvalue weighted by Crippen LogP contribution is 2.35. The molecule has 94 valence electrons. The van der Waals surface area contributed by atoms with E-state index in [0.717, 1.165) is 5.56 Å². The molecule has 3 nitrogen and oxygen atoms in total. The summed E-state index contributed by atoms with van der Waals surface area (Å²) in [5.74, 6) is -0.811. The molecule has 0 aliphatic heterocycles. The number of nitrogens with two attached hydrogens (primary N) is 1. The Hall–Kier alpha value is -1.35. The van der Waals surface area contributed by atoms with Crippen LogP contribution in [0, 0.1) is 19.3 Å². The summed E-state index contributed by atoms with van der Waals surface area (Å²) in [5.41, 5.74) is 9.13. The van der Waals surface area contributed by atoms with Crippen LogP contribution >= 0.6 is 0 Å². The van der Waals surface area contributed by atoms with Gasteiger partial charge in [-0.3, -0.25) is 4.79 Å². The van der Waals surface area contributed by atoms with E-state index in [-0.39, 0.29) is 12.5 Å². The Balaban J connectivity index is 2.98. The second-order valence-corrected chi connectivity index (χ2v) is 5.38. The van der Waals surface area contributed by atoms with Crippen LogP contribution in [0.4, 0.5) is 0 Å². The van der Waals surface area contributed by atoms with Crippen molar-refractivity contribution in [3.05, 3.63) is 34.9 Å². The Labute approximate surface area is 103 Å². The zero-order valence-electron chi connectivity index (χ0n) is 10.9. The predicted octanol–water partition coefficient (Wildman–Crippen LogP) is 2.80. The predicted molar refractivity (Wildman–Crippen MR) is 68.9 cm³/mol. The van der Waals surface area contributed by atoms with Crippen molar-refractivity contribution in [2.45, 2.75) is 40.2 Å². The third-order valence-electron chi connectivity index (χ3n) is 3.34. The van der Waals surface area contributed by atoms with Gasteiger partial charge in [0.05, 0.1) is 6.42 Å². The smallest absolute Gasteiger partial charge is 0.303 e. The van der Waals surface area contributed by atoms with Crippen molar-refractivity contribution in [2.24, 2.45) is 11.1 Å². The summed E-state index contributed by atoms with van der Waals surface area (Å²) in [7, 11) is 0. The van der Waals surface area contributed by atoms with Crippen molar-refractivity contribution in [2.75, 3.05) is 0 Å². The van der Waals surface area contributed by atoms with Crippen molar-refractivity contribution >= 4 is 5.97 Å². The monoisotopic (exact) mass is 235 g/mol. The molecule has 17 heavy (non-hydrogen) atoms. The maximum Gasteiger partial charge on any atom is 0.303 e. The number of aliphatic carboxylic acids is 1. The van der Waals surface area contributed by atoms with Gasteiger partial charge in [0.1, 0.15) is 0 Å². The lowest BCUT2D eigenvalue weighted by atomic mass is 9.78. The molecule has 3 N–H and O–H groups in total. The number of benzene rings is 1. The molecule has 0 radical (unpaired) electrons. The maximum atomic E-state index is 10.8. The molecule has 1 aromatic carbocycles. The molecule has 0 aliphatic rings. The Morgan fingerprint density at radius 2 is 1.94 bits per heavy atom. The molecule has 0 saturated heterocycles. The lowest BCUT2D eigenvalue weighted by Crippen LogP contribution is -2.31. The second kappa shape index (κ2) is 4.88. The minimum absolute atomic E-state index is 0.0705. The average molecular weight is 235 g/mol. The molecular formula is C14H21NO2. The first kappa shape index (κ1) is 13.7. The fraction of sp³-hybridized carbons (Fsp3) is 0.500. The molecule has 1 rings (SSSR count). The molecule has 1 unspecified atom stereocenters. The summed E-state index contributed by atoms with van der Waals surface area (Å²) >= 11 is 0. The molecule has 1 atom stereocenters. The highest BCUT2D eigenvalue weighted by molar-refractivity contribution is 5.67. The van der Waals surface area contributed by atoms with Crippen molar-refractivity contribution < 1.29 is 9.90 Å². The molecule has 0 aromatic heterocycles. The van der Waals surface area contributed by atoms with E-state index in [1.54, 1.807) is 0 Å². The maximum absolute atomic E-state index is 10.8. The van der Waals surface area contributed by atoms with E-state index in [9.17, 15) is 4.79 Å². The first-order valence-corrected chi connectivity index (χ1v) is 5.78. The first-order valence-electron chi connectivity index (χ1n) is 5.78. The second-order valence-electron chi connectivity index (χ2n) is 5.38. The molecule has 0 fully saturated rings. The summed E-state index contributed by atoms with van der Waals surface area (Å²) < 4.78 is 0. The normalized spacial score (nSPS) is 13.5. The number of carboxylic acid groups (broad SMARTS) is 1. The highest BCUT2D eigenvalue weighted by atomic mass is 16.4. The average Bonchev–Trinajstić information content (AvgIpc) is 2.19. The van der Waals surface area contributed by atoms with Gasteiger partial charge in [-0.1, -0.05) is 32.0 Å². The van der Waals surface area contributed by atoms with Gasteiger partial charge in [0.25, 0.3) is 0 Å². The van der Waals surface area contributed by atoms with E-state index < -0.39 is 11.4 Å². The zero-order chi connectivity index (χ0) is 13.2. The molecule has 0 heterocycles. The van der Waals surface area contributed by atoms with Gasteiger partial charge < -0.3 is 10.8 Å². The number of hydrogen-bond donors (Lipinski definition) is 2. The number of rotatable bonds is 4. The molecule has 0 spiro atoms. The fourth-order valence-electron chi connectivity index (χ4n) is 1.91. The van der Waals surface area contributed by atoms with Crippen LogP contribution in [0.15, 0.2) is 18.2 Å². The largest absolute Gasteiger partial charge is 0.481 e. The van der Waals surface area contributed by atoms with Crippen molar-refractivity contribution in [3.63, 3.8) is 0 Å². The van der Waals surface area contributed by atoms with Gasteiger partial charge in [-0.15, -0.1) is 0 Å². The summed E-state index contributed by atoms with van der Waals surface area (Å²) in [6.07, 6.45) is 0.0705. The van der Waals surface area contributed by atoms with Crippen LogP contribution in [-0.4, -0.2) is 11.1 Å². The van der Waals surface area contributed by atoms with E-state index >= 15 is 0 Å². The molecule has 0 amide bonds. The van der Waals surface area contributed by atoms with E-state index in [1.807, 2.05) is 45.9 Å². The van der Waals surface area contributed by atoms with E-state index in [0.29, 0.717) is 0 Å². The zero-order valence-corrected chi connectivity index (χ0v) is 10.9. The fourth-order valence-corrected chi connectivity index (χ4v) is 1.91. The Bertz CT molecular complexity index is 424. The lowest BCUT2D eigenvalue weighted by Gasteiger charge is -2.30. The van der Waals surface area contributed by atoms with Crippen LogP contribution in [0.2, 0.25) is 0 Å². The molecule has 0 bridgehead atoms. The van der Waals surface area contributed by atoms with E-state index in [1.165, 1.54) is 11.1 Å². The van der Waals surface area contributed by atoms with Crippen LogP contribution in [0.3, 0.4) is 0 Å². The minimum Gasteiger partial charge on any atom is -0.481 e. The summed E-state index contributed by atoms with van der Waals surface area (Å²) in [4.78, 5) is 10.8. The van der Waals surface area contributed by atoms with E-state index in [2.05, 4.69) is 0 Å². The molecule has 0 aliphatic carbocycles. The van der Waals surface area contributed by atoms with Crippen molar-refractivity contribution in [1.29, 1.82) is 0 Å². The van der Waals surface area contributed by atoms with Gasteiger partial charge in [-0.05, 0) is 36.0 Å². The van der Waals surface area contributed by atoms with Gasteiger partial charge in [0.15, 0.2) is 0 Å². The highest BCUT2D eigenvalue weighted by Gasteiger charge is 2.30. The minimum atomic E-state index is -0.811. The third kappa shape index (κ3) is 3.30. The van der Waals surface area contributed by atoms with Gasteiger partial charge in [-0.2, -0.15) is 0 Å². The molecule has 1 aromatic rings. The molecule has 0 saturated carbocycles. The van der Waals surface area contributed by atoms with Crippen LogP contribution in [-0.2, 0) is 4.79 Å². The van der Waals surface area contributed by atoms with Gasteiger partial charge in [-0.25, -0.2) is 0 Å². The Kier molecular flexibility index (Phi) is 3.94. The number of hydrogen-bond acceptors (Lipinski definition) is 2. The van der Waals surface area contributed by atoms with Crippen molar-refractivity contribution in [1.82, 2.24) is 0 Å². The van der Waals surface area contributed by atoms with Crippen molar-refractivity contribution in [3.8, 4) is 0 Å². The van der Waals surface area contributed by atoms with Gasteiger partial charge in [0, 0.05) is 6.04 Å². The summed E-state index contributed by atoms with van der Waals surface area (Å²) in [6, 6.07) is 5.79. The van der Waals surface area contributed by atoms with Gasteiger partial charge >= 0.3 is 5.97 Å². The number of carboxylic acids is 1. The lowest BCUT2D eigenvalue weighted by molar-refractivity contribution is -0.139. The molecular weight excluding hydrogens is 214 g/mol. The first-order chi connectivity index (χ1) is 7.74. The van der Waals surface area contributed by atoms with Crippen LogP contribution in [0.1, 0.15) is 43.0 Å². The Morgan fingerprint density at radius 3 is 2.41 bits per heavy atom. The topological polar surface area (TPSA) is 63.3 Å². The number of aryl methyl sites for hydroxylation is 2. The SMILES string of the molecule is Cc1ccc(C(N)C(C)(C)CC(=O)O)cc1C. The van der Waals surface area contributed by atoms with Crippen LogP contribution < -0.4 is 5.73 Å². The van der Waals surface area contributed by atoms with E-state index in [4.69, 9.17) is 10.8 Å². The van der Waals surface area contributed by atoms with Crippen LogP contribution in [0.25, 0.3) is 0 Å². The summed E-state index contributed by atoms with van der Waals surface area (Å²) in [6.45, 7) is 7.87. The third-order valence-corrected chi connectivity index (χ3v) is 3.34. The Morgan fingerprint density at radius 1 is 1.35 bits per heavy atom. The standard InChI is InChI=1S/C14H21NO2/c1-9-5-6-11(7-10(9)2)13(15)14(3,4)8-12(16)17/h5-7,13H,8,15H2,1-4H3,(H,16,17).